The van der Waals surface area contributed by atoms with E-state index < -0.39 is 56.9 Å². The number of rotatable bonds is 9. The smallest absolute Gasteiger partial charge is 0.352 e. The van der Waals surface area contributed by atoms with Crippen molar-refractivity contribution in [3.8, 4) is 0 Å². The second-order valence-electron chi connectivity index (χ2n) is 8.49. The standard InChI is InChI=1S/C23H25Cl3F3N3O4S/c1-13(2)30-22(34)14(3)31(11-16-18(24)6-5-7-19(16)25)21(33)12-32(37(4,35)36)15-8-9-20(26)17(10-15)23(27,28)29/h5-10,13-14H,11-12H2,1-4H3,(H,30,34). The van der Waals surface area contributed by atoms with Crippen molar-refractivity contribution in [1.29, 1.82) is 0 Å². The summed E-state index contributed by atoms with van der Waals surface area (Å²) in [6.45, 7) is 3.68. The number of benzene rings is 2. The fourth-order valence-corrected chi connectivity index (χ4v) is 4.92. The molecule has 1 atom stereocenters. The van der Waals surface area contributed by atoms with Crippen LogP contribution in [0.2, 0.25) is 15.1 Å². The van der Waals surface area contributed by atoms with E-state index in [1.807, 2.05) is 0 Å². The molecule has 37 heavy (non-hydrogen) atoms. The molecule has 0 fully saturated rings. The molecule has 0 saturated carbocycles. The van der Waals surface area contributed by atoms with E-state index in [1.165, 1.54) is 19.1 Å². The highest BCUT2D eigenvalue weighted by Gasteiger charge is 2.36. The van der Waals surface area contributed by atoms with Gasteiger partial charge in [0, 0.05) is 28.2 Å². The first-order valence-corrected chi connectivity index (χ1v) is 13.8. The van der Waals surface area contributed by atoms with Crippen molar-refractivity contribution in [1.82, 2.24) is 10.2 Å². The predicted octanol–water partition coefficient (Wildman–Crippen LogP) is 5.37. The number of hydrogen-bond donors (Lipinski definition) is 1. The molecule has 0 aliphatic rings. The highest BCUT2D eigenvalue weighted by atomic mass is 35.5. The van der Waals surface area contributed by atoms with E-state index in [0.29, 0.717) is 15.9 Å². The van der Waals surface area contributed by atoms with Crippen LogP contribution in [0.25, 0.3) is 0 Å². The van der Waals surface area contributed by atoms with E-state index in [9.17, 15) is 31.2 Å². The predicted molar refractivity (Wildman–Crippen MR) is 138 cm³/mol. The molecule has 204 valence electrons. The summed E-state index contributed by atoms with van der Waals surface area (Å²) in [6.07, 6.45) is -4.12. The van der Waals surface area contributed by atoms with Crippen LogP contribution in [0.5, 0.6) is 0 Å². The number of anilines is 1. The van der Waals surface area contributed by atoms with Gasteiger partial charge in [-0.05, 0) is 51.1 Å². The summed E-state index contributed by atoms with van der Waals surface area (Å²) in [4.78, 5) is 27.3. The molecule has 0 aromatic heterocycles. The van der Waals surface area contributed by atoms with E-state index in [0.717, 1.165) is 23.3 Å². The number of nitrogens with one attached hydrogen (secondary N) is 1. The topological polar surface area (TPSA) is 86.8 Å². The molecule has 0 aliphatic carbocycles. The van der Waals surface area contributed by atoms with E-state index in [2.05, 4.69) is 5.32 Å². The van der Waals surface area contributed by atoms with Crippen LogP contribution in [0.3, 0.4) is 0 Å². The fraction of sp³-hybridized carbons (Fsp3) is 0.391. The number of carbonyl (C=O) groups is 2. The number of nitrogens with zero attached hydrogens (tertiary/aromatic N) is 2. The Balaban J connectivity index is 2.54. The van der Waals surface area contributed by atoms with Crippen LogP contribution < -0.4 is 9.62 Å². The minimum absolute atomic E-state index is 0.203. The maximum atomic E-state index is 13.5. The Morgan fingerprint density at radius 2 is 1.57 bits per heavy atom. The van der Waals surface area contributed by atoms with Gasteiger partial charge in [0.2, 0.25) is 21.8 Å². The maximum Gasteiger partial charge on any atom is 0.417 e. The van der Waals surface area contributed by atoms with Gasteiger partial charge in [-0.2, -0.15) is 13.2 Å². The third kappa shape index (κ3) is 8.13. The van der Waals surface area contributed by atoms with E-state index in [-0.39, 0.29) is 22.6 Å². The van der Waals surface area contributed by atoms with Crippen molar-refractivity contribution in [3.63, 3.8) is 0 Å². The molecular formula is C23H25Cl3F3N3O4S. The van der Waals surface area contributed by atoms with Crippen LogP contribution in [-0.2, 0) is 32.3 Å². The van der Waals surface area contributed by atoms with Gasteiger partial charge in [0.05, 0.1) is 22.5 Å². The molecule has 2 aromatic rings. The summed E-state index contributed by atoms with van der Waals surface area (Å²) in [7, 11) is -4.25. The van der Waals surface area contributed by atoms with E-state index in [4.69, 9.17) is 34.8 Å². The number of amides is 2. The lowest BCUT2D eigenvalue weighted by atomic mass is 10.1. The zero-order valence-electron chi connectivity index (χ0n) is 20.2. The van der Waals surface area contributed by atoms with Crippen molar-refractivity contribution in [2.75, 3.05) is 17.1 Å². The third-order valence-corrected chi connectivity index (χ3v) is 7.39. The van der Waals surface area contributed by atoms with Crippen molar-refractivity contribution >= 4 is 62.3 Å². The molecule has 2 rings (SSSR count). The Morgan fingerprint density at radius 1 is 1.00 bits per heavy atom. The fourth-order valence-electron chi connectivity index (χ4n) is 3.34. The lowest BCUT2D eigenvalue weighted by molar-refractivity contribution is -0.139. The van der Waals surface area contributed by atoms with E-state index >= 15 is 0 Å². The van der Waals surface area contributed by atoms with Gasteiger partial charge in [-0.25, -0.2) is 8.42 Å². The third-order valence-electron chi connectivity index (χ3n) is 5.21. The van der Waals surface area contributed by atoms with Gasteiger partial charge in [0.15, 0.2) is 0 Å². The van der Waals surface area contributed by atoms with Crippen molar-refractivity contribution in [3.05, 3.63) is 62.6 Å². The number of alkyl halides is 3. The van der Waals surface area contributed by atoms with Gasteiger partial charge in [-0.1, -0.05) is 40.9 Å². The van der Waals surface area contributed by atoms with E-state index in [1.54, 1.807) is 19.9 Å². The Bertz CT molecular complexity index is 1250. The molecule has 0 bridgehead atoms. The summed E-state index contributed by atoms with van der Waals surface area (Å²) < 4.78 is 65.8. The summed E-state index contributed by atoms with van der Waals surface area (Å²) in [5, 5.41) is 2.44. The molecule has 0 aliphatic heterocycles. The van der Waals surface area contributed by atoms with Gasteiger partial charge >= 0.3 is 6.18 Å². The van der Waals surface area contributed by atoms with Crippen LogP contribution in [0.15, 0.2) is 36.4 Å². The second-order valence-corrected chi connectivity index (χ2v) is 11.6. The lowest BCUT2D eigenvalue weighted by Gasteiger charge is -2.32. The zero-order valence-corrected chi connectivity index (χ0v) is 23.3. The molecule has 0 radical (unpaired) electrons. The van der Waals surface area contributed by atoms with Crippen molar-refractivity contribution < 1.29 is 31.2 Å². The molecule has 1 unspecified atom stereocenters. The first-order valence-electron chi connectivity index (χ1n) is 10.8. The summed E-state index contributed by atoms with van der Waals surface area (Å²) >= 11 is 18.2. The molecule has 2 amide bonds. The number of carbonyl (C=O) groups excluding carboxylic acids is 2. The van der Waals surface area contributed by atoms with Crippen molar-refractivity contribution in [2.24, 2.45) is 0 Å². The molecule has 2 aromatic carbocycles. The maximum absolute atomic E-state index is 13.5. The molecule has 1 N–H and O–H groups in total. The molecule has 0 saturated heterocycles. The normalized spacial score (nSPS) is 12.8. The first kappa shape index (κ1) is 31.0. The van der Waals surface area contributed by atoms with Crippen LogP contribution in [0.4, 0.5) is 18.9 Å². The largest absolute Gasteiger partial charge is 0.417 e. The molecule has 14 heteroatoms. The average molecular weight is 603 g/mol. The summed E-state index contributed by atoms with van der Waals surface area (Å²) in [5.41, 5.74) is -1.39. The Labute approximate surface area is 228 Å². The lowest BCUT2D eigenvalue weighted by Crippen LogP contribution is -2.52. The summed E-state index contributed by atoms with van der Waals surface area (Å²) in [6, 6.07) is 5.75. The molecular weight excluding hydrogens is 578 g/mol. The van der Waals surface area contributed by atoms with Gasteiger partial charge < -0.3 is 10.2 Å². The van der Waals surface area contributed by atoms with Crippen LogP contribution in [0, 0.1) is 0 Å². The molecule has 0 spiro atoms. The van der Waals surface area contributed by atoms with Crippen LogP contribution >= 0.6 is 34.8 Å². The highest BCUT2D eigenvalue weighted by molar-refractivity contribution is 7.92. The minimum Gasteiger partial charge on any atom is -0.352 e. The van der Waals surface area contributed by atoms with Crippen molar-refractivity contribution in [2.45, 2.75) is 45.6 Å². The first-order chi connectivity index (χ1) is 16.9. The summed E-state index contributed by atoms with van der Waals surface area (Å²) in [5.74, 6) is -1.42. The van der Waals surface area contributed by atoms with Crippen LogP contribution in [0.1, 0.15) is 31.9 Å². The average Bonchev–Trinajstić information content (AvgIpc) is 2.75. The monoisotopic (exact) mass is 601 g/mol. The SMILES string of the molecule is CC(C)NC(=O)C(C)N(Cc1c(Cl)cccc1Cl)C(=O)CN(c1ccc(Cl)c(C(F)(F)F)c1)S(C)(=O)=O. The number of hydrogen-bond acceptors (Lipinski definition) is 4. The van der Waals surface area contributed by atoms with Gasteiger partial charge in [-0.3, -0.25) is 13.9 Å². The highest BCUT2D eigenvalue weighted by Crippen LogP contribution is 2.37. The van der Waals surface area contributed by atoms with Gasteiger partial charge in [-0.15, -0.1) is 0 Å². The van der Waals surface area contributed by atoms with Crippen LogP contribution in [-0.4, -0.2) is 50.0 Å². The molecule has 7 nitrogen and oxygen atoms in total. The number of halogens is 6. The Kier molecular flexibility index (Phi) is 10.1. The zero-order chi connectivity index (χ0) is 28.3. The van der Waals surface area contributed by atoms with Gasteiger partial charge in [0.1, 0.15) is 12.6 Å². The Hall–Kier alpha value is -2.21. The second kappa shape index (κ2) is 12.1. The Morgan fingerprint density at radius 3 is 2.05 bits per heavy atom. The number of sulfonamides is 1. The minimum atomic E-state index is -4.86. The molecule has 0 heterocycles. The quantitative estimate of drug-likeness (QED) is 0.418. The van der Waals surface area contributed by atoms with Gasteiger partial charge in [0.25, 0.3) is 0 Å².